The van der Waals surface area contributed by atoms with Gasteiger partial charge in [0.15, 0.2) is 0 Å². The highest BCUT2D eigenvalue weighted by Crippen LogP contribution is 2.27. The summed E-state index contributed by atoms with van der Waals surface area (Å²) in [7, 11) is 0. The van der Waals surface area contributed by atoms with Crippen molar-refractivity contribution >= 4 is 17.7 Å². The highest BCUT2D eigenvalue weighted by Gasteiger charge is 2.36. The summed E-state index contributed by atoms with van der Waals surface area (Å²) in [5.74, 6) is 0.0365. The lowest BCUT2D eigenvalue weighted by Crippen LogP contribution is -2.52. The van der Waals surface area contributed by atoms with E-state index >= 15 is 0 Å². The number of nitrogens with zero attached hydrogens (tertiary/aromatic N) is 2. The van der Waals surface area contributed by atoms with E-state index in [2.05, 4.69) is 0 Å². The zero-order valence-electron chi connectivity index (χ0n) is 16.5. The molecule has 2 amide bonds. The van der Waals surface area contributed by atoms with Gasteiger partial charge in [0.25, 0.3) is 5.91 Å². The van der Waals surface area contributed by atoms with Gasteiger partial charge in [-0.1, -0.05) is 18.2 Å². The number of hydrogen-bond acceptors (Lipinski definition) is 4. The molecule has 0 radical (unpaired) electrons. The van der Waals surface area contributed by atoms with Crippen LogP contribution in [-0.4, -0.2) is 54.3 Å². The number of anilines is 1. The predicted molar refractivity (Wildman–Crippen MR) is 104 cm³/mol. The van der Waals surface area contributed by atoms with Crippen LogP contribution in [0.5, 0.6) is 0 Å². The Labute approximate surface area is 161 Å². The molecule has 27 heavy (non-hydrogen) atoms. The van der Waals surface area contributed by atoms with E-state index in [0.717, 1.165) is 31.4 Å². The lowest BCUT2D eigenvalue weighted by Gasteiger charge is -2.39. The van der Waals surface area contributed by atoms with Gasteiger partial charge in [0.2, 0.25) is 0 Å². The molecule has 0 bridgehead atoms. The summed E-state index contributed by atoms with van der Waals surface area (Å²) in [4.78, 5) is 29.1. The van der Waals surface area contributed by atoms with Crippen molar-refractivity contribution < 1.29 is 19.1 Å². The van der Waals surface area contributed by atoms with Crippen molar-refractivity contribution in [3.8, 4) is 0 Å². The van der Waals surface area contributed by atoms with Crippen LogP contribution in [0.2, 0.25) is 0 Å². The van der Waals surface area contributed by atoms with Crippen molar-refractivity contribution in [1.82, 2.24) is 4.90 Å². The Morgan fingerprint density at radius 3 is 2.33 bits per heavy atom. The van der Waals surface area contributed by atoms with Gasteiger partial charge in [-0.15, -0.1) is 0 Å². The van der Waals surface area contributed by atoms with Crippen LogP contribution in [0.25, 0.3) is 0 Å². The van der Waals surface area contributed by atoms with Crippen molar-refractivity contribution in [1.29, 1.82) is 0 Å². The highest BCUT2D eigenvalue weighted by molar-refractivity contribution is 5.97. The number of carbonyl (C=O) groups excluding carboxylic acids is 2. The molecule has 0 N–H and O–H groups in total. The molecular weight excluding hydrogens is 344 g/mol. The lowest BCUT2D eigenvalue weighted by atomic mass is 10.0. The summed E-state index contributed by atoms with van der Waals surface area (Å²) < 4.78 is 11.1. The van der Waals surface area contributed by atoms with E-state index in [0.29, 0.717) is 19.7 Å². The third-order valence-electron chi connectivity index (χ3n) is 4.96. The van der Waals surface area contributed by atoms with Crippen molar-refractivity contribution in [2.75, 3.05) is 24.6 Å². The molecule has 2 aliphatic rings. The van der Waals surface area contributed by atoms with E-state index in [1.807, 2.05) is 56.0 Å². The molecule has 2 saturated heterocycles. The first kappa shape index (κ1) is 19.7. The van der Waals surface area contributed by atoms with Crippen LogP contribution in [0.4, 0.5) is 10.5 Å². The molecule has 0 saturated carbocycles. The molecule has 1 aromatic carbocycles. The van der Waals surface area contributed by atoms with Crippen molar-refractivity contribution in [3.05, 3.63) is 30.3 Å². The number of carbonyl (C=O) groups is 2. The second-order valence-corrected chi connectivity index (χ2v) is 8.24. The molecule has 0 aliphatic carbocycles. The Kier molecular flexibility index (Phi) is 6.05. The van der Waals surface area contributed by atoms with Gasteiger partial charge in [0.05, 0.1) is 0 Å². The fourth-order valence-electron chi connectivity index (χ4n) is 3.67. The molecule has 148 valence electrons. The number of amides is 2. The van der Waals surface area contributed by atoms with Gasteiger partial charge < -0.3 is 19.3 Å². The van der Waals surface area contributed by atoms with Crippen LogP contribution in [0, 0.1) is 0 Å². The Hall–Kier alpha value is -2.08. The summed E-state index contributed by atoms with van der Waals surface area (Å²) in [6.45, 7) is 7.43. The van der Waals surface area contributed by atoms with Crippen LogP contribution in [0.1, 0.15) is 46.5 Å². The van der Waals surface area contributed by atoms with E-state index in [4.69, 9.17) is 9.47 Å². The Morgan fingerprint density at radius 1 is 1.11 bits per heavy atom. The summed E-state index contributed by atoms with van der Waals surface area (Å²) >= 11 is 0. The minimum absolute atomic E-state index is 0.0365. The summed E-state index contributed by atoms with van der Waals surface area (Å²) in [6, 6.07) is 9.83. The molecule has 0 spiro atoms. The number of para-hydroxylation sites is 1. The molecule has 1 unspecified atom stereocenters. The average Bonchev–Trinajstić information content (AvgIpc) is 3.16. The zero-order valence-corrected chi connectivity index (χ0v) is 16.5. The summed E-state index contributed by atoms with van der Waals surface area (Å²) in [6.07, 6.45) is 2.53. The molecule has 1 atom stereocenters. The van der Waals surface area contributed by atoms with Crippen LogP contribution in [0.15, 0.2) is 30.3 Å². The van der Waals surface area contributed by atoms with E-state index in [1.165, 1.54) is 0 Å². The smallest absolute Gasteiger partial charge is 0.410 e. The summed E-state index contributed by atoms with van der Waals surface area (Å²) in [5, 5.41) is 0. The maximum atomic E-state index is 13.1. The lowest BCUT2D eigenvalue weighted by molar-refractivity contribution is -0.128. The van der Waals surface area contributed by atoms with E-state index in [-0.39, 0.29) is 24.1 Å². The maximum Gasteiger partial charge on any atom is 0.410 e. The third-order valence-corrected chi connectivity index (χ3v) is 4.96. The van der Waals surface area contributed by atoms with E-state index in [1.54, 1.807) is 4.90 Å². The Morgan fingerprint density at radius 2 is 1.78 bits per heavy atom. The fraction of sp³-hybridized carbons (Fsp3) is 0.619. The topological polar surface area (TPSA) is 59.1 Å². The molecule has 3 rings (SSSR count). The van der Waals surface area contributed by atoms with E-state index < -0.39 is 5.60 Å². The molecule has 6 heteroatoms. The van der Waals surface area contributed by atoms with Gasteiger partial charge in [0.1, 0.15) is 11.7 Å². The van der Waals surface area contributed by atoms with Gasteiger partial charge in [-0.2, -0.15) is 0 Å². The van der Waals surface area contributed by atoms with Crippen LogP contribution in [0.3, 0.4) is 0 Å². The summed E-state index contributed by atoms with van der Waals surface area (Å²) in [5.41, 5.74) is 0.397. The minimum Gasteiger partial charge on any atom is -0.444 e. The fourth-order valence-corrected chi connectivity index (χ4v) is 3.67. The van der Waals surface area contributed by atoms with Gasteiger partial charge in [0, 0.05) is 31.4 Å². The minimum atomic E-state index is -0.500. The number of benzene rings is 1. The molecule has 0 aromatic heterocycles. The highest BCUT2D eigenvalue weighted by atomic mass is 16.6. The number of hydrogen-bond donors (Lipinski definition) is 0. The maximum absolute atomic E-state index is 13.1. The first-order chi connectivity index (χ1) is 12.8. The zero-order chi connectivity index (χ0) is 19.4. The predicted octanol–water partition coefficient (Wildman–Crippen LogP) is 3.60. The quantitative estimate of drug-likeness (QED) is 0.811. The van der Waals surface area contributed by atoms with Gasteiger partial charge in [-0.25, -0.2) is 4.79 Å². The Bertz CT molecular complexity index is 642. The monoisotopic (exact) mass is 374 g/mol. The second-order valence-electron chi connectivity index (χ2n) is 8.24. The van der Waals surface area contributed by atoms with Crippen LogP contribution >= 0.6 is 0 Å². The first-order valence-corrected chi connectivity index (χ1v) is 9.83. The Balaban J connectivity index is 1.69. The van der Waals surface area contributed by atoms with E-state index in [9.17, 15) is 9.59 Å². The SMILES string of the molecule is CC(C)(C)OC(=O)N1CCC(N(C(=O)C2CCCO2)c2ccccc2)CC1. The van der Waals surface area contributed by atoms with Gasteiger partial charge >= 0.3 is 6.09 Å². The van der Waals surface area contributed by atoms with Crippen LogP contribution in [-0.2, 0) is 14.3 Å². The number of likely N-dealkylation sites (tertiary alicyclic amines) is 1. The molecule has 2 heterocycles. The van der Waals surface area contributed by atoms with Gasteiger partial charge in [-0.05, 0) is 58.6 Å². The molecule has 1 aromatic rings. The second kappa shape index (κ2) is 8.30. The normalized spacial score (nSPS) is 21.1. The molecule has 6 nitrogen and oxygen atoms in total. The van der Waals surface area contributed by atoms with Crippen molar-refractivity contribution in [3.63, 3.8) is 0 Å². The van der Waals surface area contributed by atoms with Gasteiger partial charge in [-0.3, -0.25) is 4.79 Å². The number of piperidine rings is 1. The average molecular weight is 374 g/mol. The first-order valence-electron chi connectivity index (χ1n) is 9.83. The standard InChI is InChI=1S/C21H30N2O4/c1-21(2,3)27-20(25)22-13-11-17(12-14-22)23(16-8-5-4-6-9-16)19(24)18-10-7-15-26-18/h4-6,8-9,17-18H,7,10-15H2,1-3H3. The van der Waals surface area contributed by atoms with Crippen molar-refractivity contribution in [2.24, 2.45) is 0 Å². The molecule has 2 fully saturated rings. The van der Waals surface area contributed by atoms with Crippen molar-refractivity contribution in [2.45, 2.75) is 64.2 Å². The molecule has 2 aliphatic heterocycles. The largest absolute Gasteiger partial charge is 0.444 e. The number of ether oxygens (including phenoxy) is 2. The number of rotatable bonds is 3. The van der Waals surface area contributed by atoms with Crippen LogP contribution < -0.4 is 4.90 Å². The molecular formula is C21H30N2O4. The third kappa shape index (κ3) is 5.01.